The summed E-state index contributed by atoms with van der Waals surface area (Å²) in [6.45, 7) is 3.44. The number of halogens is 2. The predicted octanol–water partition coefficient (Wildman–Crippen LogP) is 3.09. The number of nitrogens with zero attached hydrogens (tertiary/aromatic N) is 2. The lowest BCUT2D eigenvalue weighted by atomic mass is 10.1. The third-order valence-corrected chi connectivity index (χ3v) is 3.54. The van der Waals surface area contributed by atoms with E-state index in [2.05, 4.69) is 25.9 Å². The van der Waals surface area contributed by atoms with Crippen LogP contribution < -0.4 is 16.0 Å². The molecule has 0 radical (unpaired) electrons. The third-order valence-electron chi connectivity index (χ3n) is 3.29. The molecule has 1 aromatic carbocycles. The number of rotatable bonds is 7. The van der Waals surface area contributed by atoms with E-state index in [0.717, 1.165) is 18.0 Å². The zero-order chi connectivity index (χ0) is 17.9. The molecule has 0 saturated carbocycles. The van der Waals surface area contributed by atoms with Crippen LogP contribution in [0.5, 0.6) is 0 Å². The van der Waals surface area contributed by atoms with E-state index in [-0.39, 0.29) is 36.4 Å². The van der Waals surface area contributed by atoms with E-state index in [1.807, 2.05) is 31.2 Å². The molecule has 6 nitrogen and oxygen atoms in total. The van der Waals surface area contributed by atoms with E-state index in [4.69, 9.17) is 11.6 Å². The van der Waals surface area contributed by atoms with Crippen molar-refractivity contribution >= 4 is 53.1 Å². The highest BCUT2D eigenvalue weighted by Gasteiger charge is 2.03. The first-order valence-electron chi connectivity index (χ1n) is 8.14. The second-order valence-corrected chi connectivity index (χ2v) is 5.72. The number of aliphatic imine (C=N–C) groups is 1. The number of carbonyl (C=O) groups excluding carboxylic acids is 1. The van der Waals surface area contributed by atoms with E-state index in [9.17, 15) is 4.79 Å². The molecule has 1 amide bonds. The number of pyridine rings is 1. The standard InChI is InChI=1S/C18H22ClN5O.HI/c1-2-21-18(22-11-9-14-5-7-15(19)8-6-14)23-13-17(25)24-16-4-3-10-20-12-16;/h3-8,10,12H,2,9,11,13H2,1H3,(H,24,25)(H2,21,22,23);1H. The van der Waals surface area contributed by atoms with E-state index >= 15 is 0 Å². The first-order chi connectivity index (χ1) is 12.2. The molecular weight excluding hydrogens is 465 g/mol. The zero-order valence-corrected chi connectivity index (χ0v) is 17.6. The SMILES string of the molecule is CCNC(=NCC(=O)Nc1cccnc1)NCCc1ccc(Cl)cc1.I. The number of hydrogen-bond donors (Lipinski definition) is 3. The fourth-order valence-electron chi connectivity index (χ4n) is 2.11. The zero-order valence-electron chi connectivity index (χ0n) is 14.5. The molecule has 2 aromatic rings. The lowest BCUT2D eigenvalue weighted by Crippen LogP contribution is -2.39. The third kappa shape index (κ3) is 8.48. The summed E-state index contributed by atoms with van der Waals surface area (Å²) in [5, 5.41) is 9.82. The van der Waals surface area contributed by atoms with Crippen LogP contribution in [0.25, 0.3) is 0 Å². The van der Waals surface area contributed by atoms with Gasteiger partial charge >= 0.3 is 0 Å². The summed E-state index contributed by atoms with van der Waals surface area (Å²) < 4.78 is 0. The van der Waals surface area contributed by atoms with Crippen LogP contribution in [0, 0.1) is 0 Å². The molecule has 0 bridgehead atoms. The van der Waals surface area contributed by atoms with Crippen molar-refractivity contribution < 1.29 is 4.79 Å². The number of guanidine groups is 1. The minimum atomic E-state index is -0.192. The van der Waals surface area contributed by atoms with Gasteiger partial charge in [-0.05, 0) is 43.2 Å². The molecule has 0 spiro atoms. The van der Waals surface area contributed by atoms with Gasteiger partial charge in [-0.25, -0.2) is 4.99 Å². The van der Waals surface area contributed by atoms with Crippen molar-refractivity contribution in [1.82, 2.24) is 15.6 Å². The van der Waals surface area contributed by atoms with Gasteiger partial charge in [-0.2, -0.15) is 0 Å². The van der Waals surface area contributed by atoms with Gasteiger partial charge in [0, 0.05) is 24.3 Å². The predicted molar refractivity (Wildman–Crippen MR) is 117 cm³/mol. The summed E-state index contributed by atoms with van der Waals surface area (Å²) in [4.78, 5) is 20.2. The molecule has 140 valence electrons. The average molecular weight is 488 g/mol. The number of nitrogens with one attached hydrogen (secondary N) is 3. The first kappa shape index (κ1) is 22.2. The number of aromatic nitrogens is 1. The number of benzene rings is 1. The smallest absolute Gasteiger partial charge is 0.246 e. The monoisotopic (exact) mass is 487 g/mol. The molecule has 2 rings (SSSR count). The summed E-state index contributed by atoms with van der Waals surface area (Å²) in [5.74, 6) is 0.417. The molecule has 3 N–H and O–H groups in total. The summed E-state index contributed by atoms with van der Waals surface area (Å²) in [6, 6.07) is 11.3. The van der Waals surface area contributed by atoms with E-state index < -0.39 is 0 Å². The van der Waals surface area contributed by atoms with Gasteiger partial charge in [-0.3, -0.25) is 9.78 Å². The molecule has 1 heterocycles. The largest absolute Gasteiger partial charge is 0.357 e. The van der Waals surface area contributed by atoms with Crippen molar-refractivity contribution in [1.29, 1.82) is 0 Å². The summed E-state index contributed by atoms with van der Waals surface area (Å²) in [5.41, 5.74) is 1.84. The first-order valence-corrected chi connectivity index (χ1v) is 8.51. The summed E-state index contributed by atoms with van der Waals surface area (Å²) in [7, 11) is 0. The molecule has 0 aliphatic carbocycles. The molecule has 1 aromatic heterocycles. The molecule has 0 atom stereocenters. The Bertz CT molecular complexity index is 694. The van der Waals surface area contributed by atoms with E-state index in [1.54, 1.807) is 24.5 Å². The van der Waals surface area contributed by atoms with Crippen molar-refractivity contribution in [3.63, 3.8) is 0 Å². The highest BCUT2D eigenvalue weighted by molar-refractivity contribution is 14.0. The van der Waals surface area contributed by atoms with Crippen LogP contribution in [0.4, 0.5) is 5.69 Å². The van der Waals surface area contributed by atoms with E-state index in [0.29, 0.717) is 18.2 Å². The number of hydrogen-bond acceptors (Lipinski definition) is 3. The lowest BCUT2D eigenvalue weighted by molar-refractivity contribution is -0.114. The van der Waals surface area contributed by atoms with Crippen LogP contribution in [-0.2, 0) is 11.2 Å². The second kappa shape index (κ2) is 12.5. The highest BCUT2D eigenvalue weighted by Crippen LogP contribution is 2.09. The maximum atomic E-state index is 11.9. The Morgan fingerprint density at radius 3 is 2.62 bits per heavy atom. The van der Waals surface area contributed by atoms with Gasteiger partial charge in [-0.15, -0.1) is 24.0 Å². The Morgan fingerprint density at radius 2 is 1.96 bits per heavy atom. The van der Waals surface area contributed by atoms with Crippen LogP contribution in [0.3, 0.4) is 0 Å². The highest BCUT2D eigenvalue weighted by atomic mass is 127. The lowest BCUT2D eigenvalue weighted by Gasteiger charge is -2.11. The van der Waals surface area contributed by atoms with Gasteiger partial charge in [0.2, 0.25) is 5.91 Å². The fourth-order valence-corrected chi connectivity index (χ4v) is 2.23. The van der Waals surface area contributed by atoms with Crippen LogP contribution in [-0.4, -0.2) is 36.5 Å². The fraction of sp³-hybridized carbons (Fsp3) is 0.278. The topological polar surface area (TPSA) is 78.4 Å². The Hall–Kier alpha value is -1.87. The molecule has 0 aliphatic rings. The van der Waals surface area contributed by atoms with Gasteiger partial charge in [-0.1, -0.05) is 23.7 Å². The molecule has 0 saturated heterocycles. The summed E-state index contributed by atoms with van der Waals surface area (Å²) in [6.07, 6.45) is 4.09. The number of carbonyl (C=O) groups is 1. The average Bonchev–Trinajstić information content (AvgIpc) is 2.62. The molecule has 26 heavy (non-hydrogen) atoms. The van der Waals surface area contributed by atoms with Crippen molar-refractivity contribution in [2.24, 2.45) is 4.99 Å². The van der Waals surface area contributed by atoms with E-state index in [1.165, 1.54) is 5.56 Å². The number of anilines is 1. The Kier molecular flexibility index (Phi) is 10.6. The Morgan fingerprint density at radius 1 is 1.19 bits per heavy atom. The van der Waals surface area contributed by atoms with Gasteiger partial charge in [0.05, 0.1) is 11.9 Å². The maximum Gasteiger partial charge on any atom is 0.246 e. The molecule has 0 aliphatic heterocycles. The van der Waals surface area contributed by atoms with Gasteiger partial charge < -0.3 is 16.0 Å². The maximum absolute atomic E-state index is 11.9. The van der Waals surface area contributed by atoms with Crippen LogP contribution in [0.1, 0.15) is 12.5 Å². The van der Waals surface area contributed by atoms with Gasteiger partial charge in [0.1, 0.15) is 6.54 Å². The van der Waals surface area contributed by atoms with Crippen LogP contribution in [0.15, 0.2) is 53.8 Å². The summed E-state index contributed by atoms with van der Waals surface area (Å²) >= 11 is 5.88. The van der Waals surface area contributed by atoms with Gasteiger partial charge in [0.25, 0.3) is 0 Å². The molecule has 0 fully saturated rings. The minimum absolute atomic E-state index is 0. The van der Waals surface area contributed by atoms with Gasteiger partial charge in [0.15, 0.2) is 5.96 Å². The molecule has 8 heteroatoms. The van der Waals surface area contributed by atoms with Crippen molar-refractivity contribution in [3.8, 4) is 0 Å². The Balaban J connectivity index is 0.00000338. The number of amides is 1. The van der Waals surface area contributed by atoms with Crippen LogP contribution >= 0.6 is 35.6 Å². The van der Waals surface area contributed by atoms with Crippen molar-refractivity contribution in [3.05, 3.63) is 59.4 Å². The normalized spacial score (nSPS) is 10.6. The molecule has 0 unspecified atom stereocenters. The Labute approximate surface area is 175 Å². The van der Waals surface area contributed by atoms with Crippen LogP contribution in [0.2, 0.25) is 5.02 Å². The minimum Gasteiger partial charge on any atom is -0.357 e. The van der Waals surface area contributed by atoms with Crippen molar-refractivity contribution in [2.45, 2.75) is 13.3 Å². The van der Waals surface area contributed by atoms with Crippen molar-refractivity contribution in [2.75, 3.05) is 25.0 Å². The second-order valence-electron chi connectivity index (χ2n) is 5.29. The molecular formula is C18H23ClIN5O. The quantitative estimate of drug-likeness (QED) is 0.319.